The van der Waals surface area contributed by atoms with Crippen LogP contribution in [0.1, 0.15) is 18.1 Å². The molecule has 3 rings (SSSR count). The van der Waals surface area contributed by atoms with Crippen molar-refractivity contribution in [1.29, 1.82) is 0 Å². The van der Waals surface area contributed by atoms with Crippen molar-refractivity contribution >= 4 is 6.08 Å². The first-order valence-corrected chi connectivity index (χ1v) is 9.44. The largest absolute Gasteiger partial charge is 0.504 e. The lowest BCUT2D eigenvalue weighted by Gasteiger charge is -2.41. The number of rotatable bonds is 6. The Morgan fingerprint density at radius 2 is 1.97 bits per heavy atom. The van der Waals surface area contributed by atoms with E-state index in [1.807, 2.05) is 19.1 Å². The van der Waals surface area contributed by atoms with E-state index in [0.717, 1.165) is 0 Å². The van der Waals surface area contributed by atoms with Gasteiger partial charge in [-0.05, 0) is 30.7 Å². The van der Waals surface area contributed by atoms with Gasteiger partial charge in [0.25, 0.3) is 0 Å². The number of allylic oxidation sites excluding steroid dienone is 4. The number of ether oxygens (including phenoxy) is 4. The minimum atomic E-state index is -1.55. The Bertz CT molecular complexity index is 843. The molecule has 0 saturated carbocycles. The Kier molecular flexibility index (Phi) is 7.01. The number of aliphatic hydroxyl groups is 3. The summed E-state index contributed by atoms with van der Waals surface area (Å²) in [6.45, 7) is 1.43. The van der Waals surface area contributed by atoms with E-state index in [9.17, 15) is 25.5 Å². The third kappa shape index (κ3) is 4.30. The van der Waals surface area contributed by atoms with Crippen molar-refractivity contribution in [1.82, 2.24) is 0 Å². The van der Waals surface area contributed by atoms with Gasteiger partial charge in [0, 0.05) is 12.7 Å². The standard InChI is InChI=1S/C21H26O9/c1-3-4-5-6-12-7-11-8-14(23)19(16(24)13(11)10-28-12)30-21-18(26)17(25)20(27-2)15(9-22)29-21/h3-8,15,17-18,20-26H,9-10H2,1-2H3/b4-3+,6-5+/t15-,17-,18-,20-,21+/m1/s1. The van der Waals surface area contributed by atoms with Gasteiger partial charge in [0.15, 0.2) is 11.5 Å². The van der Waals surface area contributed by atoms with Crippen molar-refractivity contribution in [3.63, 3.8) is 0 Å². The molecule has 0 amide bonds. The minimum Gasteiger partial charge on any atom is -0.504 e. The maximum atomic E-state index is 10.6. The van der Waals surface area contributed by atoms with Crippen LogP contribution < -0.4 is 4.74 Å². The molecule has 5 N–H and O–H groups in total. The third-order valence-corrected chi connectivity index (χ3v) is 4.95. The summed E-state index contributed by atoms with van der Waals surface area (Å²) in [6, 6.07) is 1.39. The molecule has 0 bridgehead atoms. The zero-order valence-electron chi connectivity index (χ0n) is 16.6. The lowest BCUT2D eigenvalue weighted by atomic mass is 9.99. The fourth-order valence-electron chi connectivity index (χ4n) is 3.36. The van der Waals surface area contributed by atoms with Crippen molar-refractivity contribution in [2.45, 2.75) is 44.2 Å². The molecule has 164 valence electrons. The Morgan fingerprint density at radius 3 is 2.63 bits per heavy atom. The number of methoxy groups -OCH3 is 1. The highest BCUT2D eigenvalue weighted by Gasteiger charge is 2.46. The number of fused-ring (bicyclic) bond motifs is 1. The van der Waals surface area contributed by atoms with Crippen molar-refractivity contribution in [2.75, 3.05) is 13.7 Å². The number of hydrogen-bond donors (Lipinski definition) is 5. The molecule has 0 unspecified atom stereocenters. The average molecular weight is 422 g/mol. The van der Waals surface area contributed by atoms with Crippen molar-refractivity contribution < 1.29 is 44.5 Å². The zero-order valence-corrected chi connectivity index (χ0v) is 16.6. The molecule has 0 spiro atoms. The van der Waals surface area contributed by atoms with E-state index in [1.165, 1.54) is 13.2 Å². The van der Waals surface area contributed by atoms with Crippen LogP contribution in [-0.4, -0.2) is 70.0 Å². The molecule has 1 aromatic carbocycles. The second-order valence-electron chi connectivity index (χ2n) is 6.89. The predicted octanol–water partition coefficient (Wildman–Crippen LogP) is 0.934. The second kappa shape index (κ2) is 9.50. The molecule has 9 nitrogen and oxygen atoms in total. The lowest BCUT2D eigenvalue weighted by Crippen LogP contribution is -2.60. The monoisotopic (exact) mass is 422 g/mol. The Balaban J connectivity index is 1.86. The summed E-state index contributed by atoms with van der Waals surface area (Å²) in [6.07, 6.45) is 2.54. The number of aliphatic hydroxyl groups excluding tert-OH is 3. The minimum absolute atomic E-state index is 0.0333. The van der Waals surface area contributed by atoms with Crippen LogP contribution in [0.5, 0.6) is 17.2 Å². The molecule has 1 fully saturated rings. The molecule has 1 saturated heterocycles. The lowest BCUT2D eigenvalue weighted by molar-refractivity contribution is -0.282. The average Bonchev–Trinajstić information content (AvgIpc) is 2.73. The Labute approximate surface area is 173 Å². The van der Waals surface area contributed by atoms with Gasteiger partial charge in [-0.3, -0.25) is 0 Å². The molecule has 2 aliphatic rings. The molecule has 5 atom stereocenters. The molecule has 0 aliphatic carbocycles. The van der Waals surface area contributed by atoms with E-state index in [4.69, 9.17) is 18.9 Å². The SMILES string of the molecule is C/C=C/C=C/C1=Cc2cc(O)c(O[C@@H]3O[C@H](CO)[C@@H](OC)[C@H](O)[C@H]3O)c(O)c2CO1. The van der Waals surface area contributed by atoms with E-state index >= 15 is 0 Å². The molecule has 2 aliphatic heterocycles. The van der Waals surface area contributed by atoms with Crippen molar-refractivity contribution in [3.05, 3.63) is 47.3 Å². The van der Waals surface area contributed by atoms with E-state index in [2.05, 4.69) is 0 Å². The molecule has 0 aromatic heterocycles. The fourth-order valence-corrected chi connectivity index (χ4v) is 3.36. The molecule has 9 heteroatoms. The zero-order chi connectivity index (χ0) is 21.8. The van der Waals surface area contributed by atoms with Gasteiger partial charge in [-0.2, -0.15) is 0 Å². The summed E-state index contributed by atoms with van der Waals surface area (Å²) in [5.74, 6) is -0.542. The van der Waals surface area contributed by atoms with Crippen LogP contribution in [0.2, 0.25) is 0 Å². The molecule has 30 heavy (non-hydrogen) atoms. The summed E-state index contributed by atoms with van der Waals surface area (Å²) in [5.41, 5.74) is 0.923. The van der Waals surface area contributed by atoms with Gasteiger partial charge >= 0.3 is 0 Å². The molecular formula is C21H26O9. The Hall–Kier alpha value is -2.56. The van der Waals surface area contributed by atoms with Gasteiger partial charge in [-0.15, -0.1) is 0 Å². The summed E-state index contributed by atoms with van der Waals surface area (Å²) in [5, 5.41) is 51.0. The quantitative estimate of drug-likeness (QED) is 0.424. The van der Waals surface area contributed by atoms with Gasteiger partial charge in [0.2, 0.25) is 12.0 Å². The van der Waals surface area contributed by atoms with Gasteiger partial charge in [-0.1, -0.05) is 18.2 Å². The van der Waals surface area contributed by atoms with Crippen LogP contribution in [-0.2, 0) is 20.8 Å². The maximum Gasteiger partial charge on any atom is 0.229 e. The van der Waals surface area contributed by atoms with Crippen molar-refractivity contribution in [3.8, 4) is 17.2 Å². The van der Waals surface area contributed by atoms with E-state index in [0.29, 0.717) is 16.9 Å². The molecule has 0 radical (unpaired) electrons. The van der Waals surface area contributed by atoms with Gasteiger partial charge in [0.1, 0.15) is 36.8 Å². The highest BCUT2D eigenvalue weighted by atomic mass is 16.7. The topological polar surface area (TPSA) is 138 Å². The number of phenolic OH excluding ortho intramolecular Hbond substituents is 2. The number of phenols is 2. The van der Waals surface area contributed by atoms with Crippen LogP contribution in [0.15, 0.2) is 36.1 Å². The third-order valence-electron chi connectivity index (χ3n) is 4.95. The molecular weight excluding hydrogens is 396 g/mol. The second-order valence-corrected chi connectivity index (χ2v) is 6.89. The molecule has 2 heterocycles. The summed E-state index contributed by atoms with van der Waals surface area (Å²) in [4.78, 5) is 0. The predicted molar refractivity (Wildman–Crippen MR) is 106 cm³/mol. The molecule has 1 aromatic rings. The van der Waals surface area contributed by atoms with Gasteiger partial charge in [0.05, 0.1) is 6.61 Å². The highest BCUT2D eigenvalue weighted by Crippen LogP contribution is 2.44. The summed E-state index contributed by atoms with van der Waals surface area (Å²) in [7, 11) is 1.31. The summed E-state index contributed by atoms with van der Waals surface area (Å²) >= 11 is 0. The number of hydrogen-bond acceptors (Lipinski definition) is 9. The van der Waals surface area contributed by atoms with Crippen LogP contribution in [0, 0.1) is 0 Å². The van der Waals surface area contributed by atoms with Crippen LogP contribution in [0.3, 0.4) is 0 Å². The fraction of sp³-hybridized carbons (Fsp3) is 0.429. The van der Waals surface area contributed by atoms with Crippen LogP contribution in [0.25, 0.3) is 6.08 Å². The normalized spacial score (nSPS) is 29.0. The van der Waals surface area contributed by atoms with Gasteiger partial charge in [-0.25, -0.2) is 0 Å². The number of benzene rings is 1. The smallest absolute Gasteiger partial charge is 0.229 e. The van der Waals surface area contributed by atoms with Gasteiger partial charge < -0.3 is 44.5 Å². The first-order valence-electron chi connectivity index (χ1n) is 9.44. The Morgan fingerprint density at radius 1 is 1.20 bits per heavy atom. The first kappa shape index (κ1) is 22.1. The van der Waals surface area contributed by atoms with Crippen molar-refractivity contribution in [2.24, 2.45) is 0 Å². The van der Waals surface area contributed by atoms with E-state index < -0.39 is 37.3 Å². The highest BCUT2D eigenvalue weighted by molar-refractivity contribution is 5.69. The van der Waals surface area contributed by atoms with E-state index in [-0.39, 0.29) is 23.9 Å². The number of aromatic hydroxyl groups is 2. The first-order chi connectivity index (χ1) is 14.4. The van der Waals surface area contributed by atoms with Crippen LogP contribution in [0.4, 0.5) is 0 Å². The summed E-state index contributed by atoms with van der Waals surface area (Å²) < 4.78 is 21.6. The maximum absolute atomic E-state index is 10.6. The van der Waals surface area contributed by atoms with Crippen LogP contribution >= 0.6 is 0 Å². The van der Waals surface area contributed by atoms with E-state index in [1.54, 1.807) is 18.2 Å².